The zero-order chi connectivity index (χ0) is 18.4. The Kier molecular flexibility index (Phi) is 7.21. The maximum Gasteiger partial charge on any atom is 0.160 e. The lowest BCUT2D eigenvalue weighted by atomic mass is 9.92. The summed E-state index contributed by atoms with van der Waals surface area (Å²) in [7, 11) is 5.69. The van der Waals surface area contributed by atoms with Crippen molar-refractivity contribution in [2.45, 2.75) is 63.5 Å². The summed E-state index contributed by atoms with van der Waals surface area (Å²) in [6.07, 6.45) is 10.9. The third-order valence-electron chi connectivity index (χ3n) is 6.34. The normalized spacial score (nSPS) is 22.5. The van der Waals surface area contributed by atoms with Gasteiger partial charge in [-0.25, -0.2) is 0 Å². The molecule has 0 aromatic heterocycles. The van der Waals surface area contributed by atoms with Gasteiger partial charge in [0.2, 0.25) is 0 Å². The topological polar surface area (TPSA) is 24.9 Å². The van der Waals surface area contributed by atoms with Crippen molar-refractivity contribution in [3.05, 3.63) is 23.8 Å². The zero-order valence-corrected chi connectivity index (χ0v) is 16.9. The van der Waals surface area contributed by atoms with Crippen LogP contribution < -0.4 is 9.47 Å². The summed E-state index contributed by atoms with van der Waals surface area (Å²) in [5.41, 5.74) is 1.31. The lowest BCUT2D eigenvalue weighted by Crippen LogP contribution is -2.50. The van der Waals surface area contributed by atoms with Crippen molar-refractivity contribution in [2.75, 3.05) is 40.9 Å². The predicted molar refractivity (Wildman–Crippen MR) is 107 cm³/mol. The van der Waals surface area contributed by atoms with Crippen molar-refractivity contribution in [2.24, 2.45) is 0 Å². The molecule has 4 nitrogen and oxygen atoms in total. The number of hydrogen-bond acceptors (Lipinski definition) is 4. The van der Waals surface area contributed by atoms with Crippen LogP contribution >= 0.6 is 0 Å². The Hall–Kier alpha value is -1.26. The quantitative estimate of drug-likeness (QED) is 0.734. The highest BCUT2D eigenvalue weighted by atomic mass is 16.5. The Morgan fingerprint density at radius 2 is 1.77 bits per heavy atom. The van der Waals surface area contributed by atoms with Crippen LogP contribution in [0.2, 0.25) is 0 Å². The maximum absolute atomic E-state index is 5.44. The first-order valence-corrected chi connectivity index (χ1v) is 10.4. The molecule has 1 aromatic carbocycles. The third-order valence-corrected chi connectivity index (χ3v) is 6.34. The van der Waals surface area contributed by atoms with Gasteiger partial charge < -0.3 is 14.4 Å². The lowest BCUT2D eigenvalue weighted by molar-refractivity contribution is 0.0696. The predicted octanol–water partition coefficient (Wildman–Crippen LogP) is 3.98. The van der Waals surface area contributed by atoms with E-state index in [9.17, 15) is 0 Å². The van der Waals surface area contributed by atoms with Gasteiger partial charge in [-0.3, -0.25) is 4.90 Å². The fraction of sp³-hybridized carbons (Fsp3) is 0.727. The Balaban J connectivity index is 1.51. The van der Waals surface area contributed by atoms with E-state index in [1.165, 1.54) is 63.6 Å². The molecule has 0 unspecified atom stereocenters. The molecule has 0 bridgehead atoms. The summed E-state index contributed by atoms with van der Waals surface area (Å²) in [5.74, 6) is 1.63. The van der Waals surface area contributed by atoms with E-state index in [1.54, 1.807) is 14.2 Å². The van der Waals surface area contributed by atoms with Crippen LogP contribution in [-0.2, 0) is 6.42 Å². The number of methoxy groups -OCH3 is 2. The van der Waals surface area contributed by atoms with E-state index in [2.05, 4.69) is 29.0 Å². The molecule has 1 saturated heterocycles. The van der Waals surface area contributed by atoms with Crippen LogP contribution in [0.3, 0.4) is 0 Å². The van der Waals surface area contributed by atoms with Gasteiger partial charge in [-0.05, 0) is 63.4 Å². The van der Waals surface area contributed by atoms with Gasteiger partial charge in [0, 0.05) is 25.2 Å². The standard InChI is InChI=1S/C22H36N2O2/c1-23(15-13-18-11-12-21(25-2)22(16-18)26-3)20-10-7-14-24(17-20)19-8-5-4-6-9-19/h11-12,16,19-20H,4-10,13-15,17H2,1-3H3/t20-/m0/s1. The van der Waals surface area contributed by atoms with Crippen LogP contribution in [0.15, 0.2) is 18.2 Å². The van der Waals surface area contributed by atoms with Crippen LogP contribution in [0.4, 0.5) is 0 Å². The Bertz CT molecular complexity index is 557. The van der Waals surface area contributed by atoms with Gasteiger partial charge in [-0.2, -0.15) is 0 Å². The number of likely N-dealkylation sites (N-methyl/N-ethyl adjacent to an activating group) is 1. The monoisotopic (exact) mass is 360 g/mol. The highest BCUT2D eigenvalue weighted by Crippen LogP contribution is 2.29. The van der Waals surface area contributed by atoms with E-state index in [0.29, 0.717) is 6.04 Å². The minimum Gasteiger partial charge on any atom is -0.493 e. The maximum atomic E-state index is 5.44. The number of hydrogen-bond donors (Lipinski definition) is 0. The van der Waals surface area contributed by atoms with E-state index in [0.717, 1.165) is 30.5 Å². The van der Waals surface area contributed by atoms with Crippen molar-refractivity contribution >= 4 is 0 Å². The van der Waals surface area contributed by atoms with Gasteiger partial charge in [0.05, 0.1) is 14.2 Å². The second-order valence-corrected chi connectivity index (χ2v) is 8.00. The molecular weight excluding hydrogens is 324 g/mol. The van der Waals surface area contributed by atoms with Crippen LogP contribution in [0.25, 0.3) is 0 Å². The van der Waals surface area contributed by atoms with Crippen molar-refractivity contribution in [3.63, 3.8) is 0 Å². The van der Waals surface area contributed by atoms with Gasteiger partial charge in [0.25, 0.3) is 0 Å². The molecule has 1 aliphatic carbocycles. The minimum atomic E-state index is 0.700. The Morgan fingerprint density at radius 3 is 2.50 bits per heavy atom. The third kappa shape index (κ3) is 4.92. The number of ether oxygens (including phenoxy) is 2. The second kappa shape index (κ2) is 9.61. The van der Waals surface area contributed by atoms with Crippen molar-refractivity contribution in [1.29, 1.82) is 0 Å². The fourth-order valence-corrected chi connectivity index (χ4v) is 4.65. The van der Waals surface area contributed by atoms with Gasteiger partial charge in [-0.1, -0.05) is 25.3 Å². The average Bonchev–Trinajstić information content (AvgIpc) is 2.72. The summed E-state index contributed by atoms with van der Waals surface area (Å²) in [6.45, 7) is 3.66. The molecule has 2 fully saturated rings. The lowest BCUT2D eigenvalue weighted by Gasteiger charge is -2.42. The minimum absolute atomic E-state index is 0.700. The summed E-state index contributed by atoms with van der Waals surface area (Å²) in [4.78, 5) is 5.37. The first kappa shape index (κ1) is 19.5. The van der Waals surface area contributed by atoms with Crippen LogP contribution in [0.5, 0.6) is 11.5 Å². The number of likely N-dealkylation sites (tertiary alicyclic amines) is 1. The summed E-state index contributed by atoms with van der Waals surface area (Å²) >= 11 is 0. The zero-order valence-electron chi connectivity index (χ0n) is 16.9. The smallest absolute Gasteiger partial charge is 0.160 e. The molecule has 0 spiro atoms. The molecular formula is C22H36N2O2. The van der Waals surface area contributed by atoms with Gasteiger partial charge in [0.15, 0.2) is 11.5 Å². The molecule has 26 heavy (non-hydrogen) atoms. The molecule has 1 aliphatic heterocycles. The van der Waals surface area contributed by atoms with E-state index in [-0.39, 0.29) is 0 Å². The van der Waals surface area contributed by atoms with Crippen molar-refractivity contribution in [1.82, 2.24) is 9.80 Å². The summed E-state index contributed by atoms with van der Waals surface area (Å²) in [6, 6.07) is 7.84. The van der Waals surface area contributed by atoms with Crippen molar-refractivity contribution in [3.8, 4) is 11.5 Å². The molecule has 1 saturated carbocycles. The number of nitrogens with zero attached hydrogens (tertiary/aromatic N) is 2. The molecule has 0 N–H and O–H groups in total. The largest absolute Gasteiger partial charge is 0.493 e. The van der Waals surface area contributed by atoms with Gasteiger partial charge >= 0.3 is 0 Å². The number of piperidine rings is 1. The molecule has 1 aromatic rings. The van der Waals surface area contributed by atoms with E-state index < -0.39 is 0 Å². The van der Waals surface area contributed by atoms with E-state index in [4.69, 9.17) is 9.47 Å². The van der Waals surface area contributed by atoms with Crippen LogP contribution in [-0.4, -0.2) is 62.8 Å². The second-order valence-electron chi connectivity index (χ2n) is 8.00. The molecule has 0 radical (unpaired) electrons. The van der Waals surface area contributed by atoms with Gasteiger partial charge in [0.1, 0.15) is 0 Å². The van der Waals surface area contributed by atoms with E-state index >= 15 is 0 Å². The van der Waals surface area contributed by atoms with Crippen molar-refractivity contribution < 1.29 is 9.47 Å². The Morgan fingerprint density at radius 1 is 1.00 bits per heavy atom. The molecule has 146 valence electrons. The fourth-order valence-electron chi connectivity index (χ4n) is 4.65. The van der Waals surface area contributed by atoms with Gasteiger partial charge in [-0.15, -0.1) is 0 Å². The molecule has 2 aliphatic rings. The molecule has 1 heterocycles. The molecule has 1 atom stereocenters. The molecule has 3 rings (SSSR count). The highest BCUT2D eigenvalue weighted by Gasteiger charge is 2.28. The first-order valence-electron chi connectivity index (χ1n) is 10.4. The van der Waals surface area contributed by atoms with E-state index in [1.807, 2.05) is 6.07 Å². The number of rotatable bonds is 7. The van der Waals surface area contributed by atoms with Crippen LogP contribution in [0, 0.1) is 0 Å². The number of benzene rings is 1. The van der Waals surface area contributed by atoms with Crippen LogP contribution in [0.1, 0.15) is 50.5 Å². The highest BCUT2D eigenvalue weighted by molar-refractivity contribution is 5.42. The first-order chi connectivity index (χ1) is 12.7. The average molecular weight is 361 g/mol. The molecule has 4 heteroatoms. The summed E-state index contributed by atoms with van der Waals surface area (Å²) < 4.78 is 10.8. The Labute approximate surface area is 159 Å². The molecule has 0 amide bonds. The SMILES string of the molecule is COc1ccc(CCN(C)[C@H]2CCCN(C3CCCCC3)C2)cc1OC. The summed E-state index contributed by atoms with van der Waals surface area (Å²) in [5, 5.41) is 0.